The van der Waals surface area contributed by atoms with Crippen molar-refractivity contribution in [1.82, 2.24) is 9.55 Å². The van der Waals surface area contributed by atoms with Gasteiger partial charge in [0.2, 0.25) is 0 Å². The van der Waals surface area contributed by atoms with Crippen LogP contribution in [0.5, 0.6) is 5.75 Å². The molecule has 4 aromatic rings. The lowest BCUT2D eigenvalue weighted by molar-refractivity contribution is 0.0734. The van der Waals surface area contributed by atoms with Crippen LogP contribution in [0.1, 0.15) is 17.3 Å². The molecule has 0 amide bonds. The van der Waals surface area contributed by atoms with Gasteiger partial charge in [-0.3, -0.25) is 9.78 Å². The summed E-state index contributed by atoms with van der Waals surface area (Å²) in [5.41, 5.74) is 0.712. The van der Waals surface area contributed by atoms with Crippen LogP contribution >= 0.6 is 0 Å². The maximum absolute atomic E-state index is 13.9. The van der Waals surface area contributed by atoms with Crippen LogP contribution in [-0.2, 0) is 4.74 Å². The first-order chi connectivity index (χ1) is 15.5. The number of carbonyl (C=O) groups is 2. The molecule has 0 unspecified atom stereocenters. The predicted octanol–water partition coefficient (Wildman–Crippen LogP) is 4.43. The number of fused-ring (bicyclic) bond motifs is 1. The number of benzene rings is 2. The largest absolute Gasteiger partial charge is 0.449 e. The highest BCUT2D eigenvalue weighted by molar-refractivity contribution is 5.93. The Balaban J connectivity index is 1.76. The molecule has 0 saturated heterocycles. The molecule has 32 heavy (non-hydrogen) atoms. The summed E-state index contributed by atoms with van der Waals surface area (Å²) in [5.74, 6) is -0.903. The summed E-state index contributed by atoms with van der Waals surface area (Å²) in [4.78, 5) is 41.4. The first-order valence-corrected chi connectivity index (χ1v) is 9.73. The van der Waals surface area contributed by atoms with Gasteiger partial charge < -0.3 is 9.47 Å². The predicted molar refractivity (Wildman–Crippen MR) is 115 cm³/mol. The normalized spacial score (nSPS) is 10.7. The molecule has 8 heteroatoms. The summed E-state index contributed by atoms with van der Waals surface area (Å²) in [6.07, 6.45) is 2.19. The number of halogens is 1. The van der Waals surface area contributed by atoms with E-state index in [-0.39, 0.29) is 34.4 Å². The van der Waals surface area contributed by atoms with Crippen molar-refractivity contribution in [3.05, 3.63) is 94.7 Å². The first kappa shape index (κ1) is 20.9. The van der Waals surface area contributed by atoms with Gasteiger partial charge in [-0.05, 0) is 67.1 Å². The minimum atomic E-state index is -0.745. The third-order valence-corrected chi connectivity index (χ3v) is 4.68. The van der Waals surface area contributed by atoms with Crippen LogP contribution in [-0.4, -0.2) is 28.2 Å². The van der Waals surface area contributed by atoms with E-state index in [1.807, 2.05) is 0 Å². The van der Waals surface area contributed by atoms with E-state index < -0.39 is 17.9 Å². The number of hydrogen-bond acceptors (Lipinski definition) is 6. The molecule has 0 spiro atoms. The molecule has 160 valence electrons. The number of rotatable bonds is 4. The second-order valence-corrected chi connectivity index (χ2v) is 6.75. The molecule has 0 fully saturated rings. The van der Waals surface area contributed by atoms with Crippen LogP contribution in [0.25, 0.3) is 22.2 Å². The Morgan fingerprint density at radius 3 is 2.53 bits per heavy atom. The van der Waals surface area contributed by atoms with Gasteiger partial charge in [0.25, 0.3) is 0 Å². The van der Waals surface area contributed by atoms with E-state index in [0.29, 0.717) is 11.1 Å². The summed E-state index contributed by atoms with van der Waals surface area (Å²) in [6.45, 7) is 1.75. The number of carbonyl (C=O) groups excluding carboxylic acids is 2. The summed E-state index contributed by atoms with van der Waals surface area (Å²) in [7, 11) is 0. The number of esters is 1. The molecule has 2 heterocycles. The van der Waals surface area contributed by atoms with Crippen molar-refractivity contribution in [2.24, 2.45) is 0 Å². The Kier molecular flexibility index (Phi) is 5.76. The molecule has 7 nitrogen and oxygen atoms in total. The topological polar surface area (TPSA) is 87.5 Å². The molecule has 0 N–H and O–H groups in total. The smallest absolute Gasteiger partial charge is 0.418 e. The third kappa shape index (κ3) is 4.11. The van der Waals surface area contributed by atoms with E-state index in [9.17, 15) is 18.8 Å². The lowest BCUT2D eigenvalue weighted by Gasteiger charge is -2.15. The Bertz CT molecular complexity index is 1370. The van der Waals surface area contributed by atoms with Crippen LogP contribution in [0.2, 0.25) is 0 Å². The zero-order valence-electron chi connectivity index (χ0n) is 16.9. The average molecular weight is 432 g/mol. The second-order valence-electron chi connectivity index (χ2n) is 6.75. The molecule has 0 bridgehead atoms. The van der Waals surface area contributed by atoms with Gasteiger partial charge >= 0.3 is 12.1 Å². The highest BCUT2D eigenvalue weighted by Crippen LogP contribution is 2.26. The van der Waals surface area contributed by atoms with Gasteiger partial charge in [-0.2, -0.15) is 0 Å². The molecule has 2 aromatic carbocycles. The van der Waals surface area contributed by atoms with Crippen molar-refractivity contribution in [3.8, 4) is 17.0 Å². The van der Waals surface area contributed by atoms with Crippen molar-refractivity contribution < 1.29 is 23.5 Å². The van der Waals surface area contributed by atoms with Gasteiger partial charge in [0.05, 0.1) is 23.4 Å². The summed E-state index contributed by atoms with van der Waals surface area (Å²) < 4.78 is 25.5. The molecule has 4 rings (SSSR count). The van der Waals surface area contributed by atoms with E-state index in [0.717, 1.165) is 16.7 Å². The molecule has 0 atom stereocenters. The molecule has 0 saturated carbocycles. The molecule has 0 radical (unpaired) electrons. The van der Waals surface area contributed by atoms with Gasteiger partial charge in [0, 0.05) is 23.8 Å². The number of aromatic nitrogens is 2. The van der Waals surface area contributed by atoms with E-state index in [1.165, 1.54) is 30.5 Å². The second kappa shape index (κ2) is 8.81. The Morgan fingerprint density at radius 2 is 1.84 bits per heavy atom. The van der Waals surface area contributed by atoms with Crippen molar-refractivity contribution in [3.63, 3.8) is 0 Å². The Hall–Kier alpha value is -4.33. The van der Waals surface area contributed by atoms with Gasteiger partial charge in [-0.15, -0.1) is 0 Å². The van der Waals surface area contributed by atoms with Gasteiger partial charge in [-0.25, -0.2) is 18.5 Å². The van der Waals surface area contributed by atoms with Crippen LogP contribution in [0, 0.1) is 5.82 Å². The Morgan fingerprint density at radius 1 is 1.06 bits per heavy atom. The molecule has 0 aliphatic heterocycles. The molecule has 2 aromatic heterocycles. The summed E-state index contributed by atoms with van der Waals surface area (Å²) in [6, 6.07) is 14.3. The van der Waals surface area contributed by atoms with E-state index >= 15 is 0 Å². The minimum Gasteiger partial charge on any atom is -0.449 e. The zero-order chi connectivity index (χ0) is 22.7. The highest BCUT2D eigenvalue weighted by atomic mass is 19.1. The van der Waals surface area contributed by atoms with Gasteiger partial charge in [0.15, 0.2) is 5.43 Å². The van der Waals surface area contributed by atoms with Crippen LogP contribution in [0.3, 0.4) is 0 Å². The van der Waals surface area contributed by atoms with Crippen LogP contribution < -0.4 is 10.2 Å². The lowest BCUT2D eigenvalue weighted by Crippen LogP contribution is -2.20. The number of pyridine rings is 2. The van der Waals surface area contributed by atoms with Gasteiger partial charge in [-0.1, -0.05) is 0 Å². The van der Waals surface area contributed by atoms with Crippen molar-refractivity contribution in [2.75, 3.05) is 6.61 Å². The van der Waals surface area contributed by atoms with Crippen LogP contribution in [0.4, 0.5) is 9.18 Å². The van der Waals surface area contributed by atoms with Crippen molar-refractivity contribution in [2.45, 2.75) is 6.92 Å². The maximum atomic E-state index is 13.9. The minimum absolute atomic E-state index is 0.0954. The Labute approximate surface area is 181 Å². The monoisotopic (exact) mass is 432 g/mol. The molecule has 0 aliphatic carbocycles. The summed E-state index contributed by atoms with van der Waals surface area (Å²) >= 11 is 0. The standard InChI is InChI=1S/C24H17FN2O5/c1-2-31-24(30)27-20(13-22(28)19-10-7-17(25)12-21(19)27)15-5-8-18(9-6-15)32-23(29)16-4-3-11-26-14-16/h3-14H,2H2,1H3. The fraction of sp³-hybridized carbons (Fsp3) is 0.0833. The summed E-state index contributed by atoms with van der Waals surface area (Å²) in [5, 5.41) is 0.185. The van der Waals surface area contributed by atoms with Crippen molar-refractivity contribution in [1.29, 1.82) is 0 Å². The lowest BCUT2D eigenvalue weighted by atomic mass is 10.1. The number of ether oxygens (including phenoxy) is 2. The highest BCUT2D eigenvalue weighted by Gasteiger charge is 2.18. The fourth-order valence-electron chi connectivity index (χ4n) is 3.23. The molecular weight excluding hydrogens is 415 g/mol. The molecular formula is C24H17FN2O5. The van der Waals surface area contributed by atoms with E-state index in [2.05, 4.69) is 4.98 Å². The first-order valence-electron chi connectivity index (χ1n) is 9.73. The fourth-order valence-corrected chi connectivity index (χ4v) is 3.23. The number of hydrogen-bond donors (Lipinski definition) is 0. The van der Waals surface area contributed by atoms with Gasteiger partial charge in [0.1, 0.15) is 11.6 Å². The SMILES string of the molecule is CCOC(=O)n1c(-c2ccc(OC(=O)c3cccnc3)cc2)cc(=O)c2ccc(F)cc21. The van der Waals surface area contributed by atoms with E-state index in [1.54, 1.807) is 37.4 Å². The van der Waals surface area contributed by atoms with E-state index in [4.69, 9.17) is 9.47 Å². The maximum Gasteiger partial charge on any atom is 0.418 e. The van der Waals surface area contributed by atoms with Crippen LogP contribution in [0.15, 0.2) is 77.9 Å². The molecule has 0 aliphatic rings. The average Bonchev–Trinajstić information content (AvgIpc) is 2.80. The van der Waals surface area contributed by atoms with Crippen molar-refractivity contribution >= 4 is 23.0 Å². The number of nitrogens with zero attached hydrogens (tertiary/aromatic N) is 2. The quantitative estimate of drug-likeness (QED) is 0.350. The third-order valence-electron chi connectivity index (χ3n) is 4.68. The zero-order valence-corrected chi connectivity index (χ0v) is 16.9.